The number of aromatic amines is 1. The highest BCUT2D eigenvalue weighted by atomic mass is 16.5. The second-order valence-electron chi connectivity index (χ2n) is 4.20. The van der Waals surface area contributed by atoms with Gasteiger partial charge in [-0.1, -0.05) is 0 Å². The average molecular weight is 261 g/mol. The van der Waals surface area contributed by atoms with Gasteiger partial charge in [-0.15, -0.1) is 0 Å². The molecule has 0 saturated heterocycles. The summed E-state index contributed by atoms with van der Waals surface area (Å²) >= 11 is 0. The predicted molar refractivity (Wildman–Crippen MR) is 71.7 cm³/mol. The number of aromatic nitrogens is 1. The Labute approximate surface area is 109 Å². The number of hydrogen-bond donors (Lipinski definition) is 2. The second kappa shape index (κ2) is 5.56. The van der Waals surface area contributed by atoms with E-state index in [4.69, 9.17) is 9.84 Å². The normalized spacial score (nSPS) is 10.6. The van der Waals surface area contributed by atoms with Crippen molar-refractivity contribution in [2.24, 2.45) is 0 Å². The van der Waals surface area contributed by atoms with Crippen LogP contribution >= 0.6 is 0 Å². The second-order valence-corrected chi connectivity index (χ2v) is 4.20. The highest BCUT2D eigenvalue weighted by molar-refractivity contribution is 5.80. The van der Waals surface area contributed by atoms with Crippen LogP contribution in [0.4, 0.5) is 0 Å². The minimum atomic E-state index is -0.914. The van der Waals surface area contributed by atoms with Crippen LogP contribution in [-0.4, -0.2) is 22.7 Å². The van der Waals surface area contributed by atoms with Crippen LogP contribution in [0, 0.1) is 0 Å². The molecule has 1 aromatic carbocycles. The lowest BCUT2D eigenvalue weighted by molar-refractivity contribution is -0.136. The van der Waals surface area contributed by atoms with Crippen molar-refractivity contribution in [3.05, 3.63) is 40.2 Å². The van der Waals surface area contributed by atoms with E-state index in [1.54, 1.807) is 18.2 Å². The van der Waals surface area contributed by atoms with Gasteiger partial charge in [0.2, 0.25) is 0 Å². The third-order valence-corrected chi connectivity index (χ3v) is 2.81. The smallest absolute Gasteiger partial charge is 0.303 e. The van der Waals surface area contributed by atoms with Gasteiger partial charge in [-0.05, 0) is 37.6 Å². The molecule has 19 heavy (non-hydrogen) atoms. The number of fused-ring (bicyclic) bond motifs is 1. The van der Waals surface area contributed by atoms with E-state index in [1.807, 2.05) is 13.0 Å². The van der Waals surface area contributed by atoms with Crippen LogP contribution in [0.2, 0.25) is 0 Å². The third-order valence-electron chi connectivity index (χ3n) is 2.81. The first-order valence-electron chi connectivity index (χ1n) is 6.10. The van der Waals surface area contributed by atoms with E-state index in [0.717, 1.165) is 11.1 Å². The topological polar surface area (TPSA) is 79.4 Å². The Morgan fingerprint density at radius 3 is 2.84 bits per heavy atom. The minimum absolute atomic E-state index is 0.0558. The van der Waals surface area contributed by atoms with Crippen molar-refractivity contribution in [2.45, 2.75) is 19.8 Å². The Hall–Kier alpha value is -2.30. The zero-order valence-corrected chi connectivity index (χ0v) is 10.6. The number of carboxylic acid groups (broad SMARTS) is 1. The fourth-order valence-electron chi connectivity index (χ4n) is 1.91. The molecule has 0 spiro atoms. The molecule has 2 aromatic rings. The molecule has 0 aliphatic carbocycles. The Morgan fingerprint density at radius 2 is 2.16 bits per heavy atom. The predicted octanol–water partition coefficient (Wildman–Crippen LogP) is 1.94. The summed E-state index contributed by atoms with van der Waals surface area (Å²) in [6.45, 7) is 2.47. The van der Waals surface area contributed by atoms with E-state index >= 15 is 0 Å². The number of hydrogen-bond acceptors (Lipinski definition) is 3. The minimum Gasteiger partial charge on any atom is -0.494 e. The molecule has 0 radical (unpaired) electrons. The molecule has 0 atom stereocenters. The van der Waals surface area contributed by atoms with Crippen LogP contribution in [0.25, 0.3) is 10.9 Å². The number of ether oxygens (including phenoxy) is 1. The molecule has 5 heteroatoms. The molecule has 100 valence electrons. The summed E-state index contributed by atoms with van der Waals surface area (Å²) in [4.78, 5) is 25.1. The fourth-order valence-corrected chi connectivity index (χ4v) is 1.91. The number of aliphatic carboxylic acids is 1. The molecule has 0 aliphatic heterocycles. The van der Waals surface area contributed by atoms with E-state index in [1.165, 1.54) is 0 Å². The van der Waals surface area contributed by atoms with E-state index in [0.29, 0.717) is 17.7 Å². The van der Waals surface area contributed by atoms with Gasteiger partial charge in [0.05, 0.1) is 6.61 Å². The molecule has 0 fully saturated rings. The molecule has 0 bridgehead atoms. The maximum absolute atomic E-state index is 11.8. The van der Waals surface area contributed by atoms with Crippen LogP contribution in [-0.2, 0) is 11.2 Å². The molecule has 0 aliphatic rings. The molecule has 0 saturated carbocycles. The number of H-pyrrole nitrogens is 1. The Bertz CT molecular complexity index is 660. The molecular weight excluding hydrogens is 246 g/mol. The van der Waals surface area contributed by atoms with Crippen molar-refractivity contribution in [1.29, 1.82) is 0 Å². The number of nitrogens with one attached hydrogen (secondary N) is 1. The molecule has 0 unspecified atom stereocenters. The van der Waals surface area contributed by atoms with Crippen molar-refractivity contribution in [3.63, 3.8) is 0 Å². The highest BCUT2D eigenvalue weighted by Crippen LogP contribution is 2.19. The molecule has 1 heterocycles. The first-order chi connectivity index (χ1) is 9.10. The van der Waals surface area contributed by atoms with E-state index in [2.05, 4.69) is 4.98 Å². The fraction of sp³-hybridized carbons (Fsp3) is 0.286. The number of carbonyl (C=O) groups is 1. The lowest BCUT2D eigenvalue weighted by Gasteiger charge is -2.06. The molecule has 2 rings (SSSR count). The van der Waals surface area contributed by atoms with Crippen molar-refractivity contribution >= 4 is 16.9 Å². The lowest BCUT2D eigenvalue weighted by Crippen LogP contribution is -2.13. The van der Waals surface area contributed by atoms with Crippen molar-refractivity contribution in [3.8, 4) is 5.75 Å². The van der Waals surface area contributed by atoms with Gasteiger partial charge in [0.15, 0.2) is 0 Å². The summed E-state index contributed by atoms with van der Waals surface area (Å²) < 4.78 is 5.40. The van der Waals surface area contributed by atoms with Gasteiger partial charge in [0, 0.05) is 22.9 Å². The zero-order chi connectivity index (χ0) is 13.8. The van der Waals surface area contributed by atoms with Gasteiger partial charge < -0.3 is 14.8 Å². The quantitative estimate of drug-likeness (QED) is 0.862. The van der Waals surface area contributed by atoms with Gasteiger partial charge in [0.1, 0.15) is 5.75 Å². The maximum Gasteiger partial charge on any atom is 0.303 e. The number of benzene rings is 1. The van der Waals surface area contributed by atoms with Gasteiger partial charge in [0.25, 0.3) is 5.56 Å². The summed E-state index contributed by atoms with van der Waals surface area (Å²) in [5.74, 6) is -0.186. The van der Waals surface area contributed by atoms with E-state index < -0.39 is 5.97 Å². The summed E-state index contributed by atoms with van der Waals surface area (Å²) in [7, 11) is 0. The number of aryl methyl sites for hydroxylation is 1. The van der Waals surface area contributed by atoms with Crippen LogP contribution in [0.5, 0.6) is 5.75 Å². The summed E-state index contributed by atoms with van der Waals surface area (Å²) in [6.07, 6.45) is 0.166. The maximum atomic E-state index is 11.8. The Morgan fingerprint density at radius 1 is 1.37 bits per heavy atom. The molecule has 2 N–H and O–H groups in total. The first-order valence-corrected chi connectivity index (χ1v) is 6.10. The zero-order valence-electron chi connectivity index (χ0n) is 10.6. The number of rotatable bonds is 5. The average Bonchev–Trinajstić information content (AvgIpc) is 2.37. The van der Waals surface area contributed by atoms with E-state index in [9.17, 15) is 9.59 Å². The van der Waals surface area contributed by atoms with Crippen LogP contribution in [0.3, 0.4) is 0 Å². The number of pyridine rings is 1. The van der Waals surface area contributed by atoms with Gasteiger partial charge in [-0.25, -0.2) is 0 Å². The number of carboxylic acids is 1. The summed E-state index contributed by atoms with van der Waals surface area (Å²) in [5, 5.41) is 9.50. The SMILES string of the molecule is CCOc1ccc2[nH]c(=O)c(CCC(=O)O)cc2c1. The van der Waals surface area contributed by atoms with Crippen molar-refractivity contribution < 1.29 is 14.6 Å². The van der Waals surface area contributed by atoms with Crippen LogP contribution in [0.15, 0.2) is 29.1 Å². The molecule has 0 amide bonds. The molecular formula is C14H15NO4. The summed E-state index contributed by atoms with van der Waals surface area (Å²) in [6, 6.07) is 7.13. The first kappa shape index (κ1) is 13.1. The Kier molecular flexibility index (Phi) is 3.85. The van der Waals surface area contributed by atoms with E-state index in [-0.39, 0.29) is 18.4 Å². The van der Waals surface area contributed by atoms with Gasteiger partial charge in [-0.3, -0.25) is 9.59 Å². The molecule has 1 aromatic heterocycles. The standard InChI is InChI=1S/C14H15NO4/c1-2-19-11-4-5-12-10(8-11)7-9(14(18)15-12)3-6-13(16)17/h4-5,7-8H,2-3,6H2,1H3,(H,15,18)(H,16,17). The lowest BCUT2D eigenvalue weighted by atomic mass is 10.1. The third kappa shape index (κ3) is 3.13. The van der Waals surface area contributed by atoms with Crippen LogP contribution < -0.4 is 10.3 Å². The molecule has 5 nitrogen and oxygen atoms in total. The Balaban J connectivity index is 2.40. The van der Waals surface area contributed by atoms with Gasteiger partial charge >= 0.3 is 5.97 Å². The summed E-state index contributed by atoms with van der Waals surface area (Å²) in [5.41, 5.74) is 0.953. The van der Waals surface area contributed by atoms with Crippen molar-refractivity contribution in [2.75, 3.05) is 6.61 Å². The van der Waals surface area contributed by atoms with Crippen LogP contribution in [0.1, 0.15) is 18.9 Å². The highest BCUT2D eigenvalue weighted by Gasteiger charge is 2.06. The van der Waals surface area contributed by atoms with Crippen molar-refractivity contribution in [1.82, 2.24) is 4.98 Å². The largest absolute Gasteiger partial charge is 0.494 e. The monoisotopic (exact) mass is 261 g/mol. The van der Waals surface area contributed by atoms with Gasteiger partial charge in [-0.2, -0.15) is 0 Å².